The van der Waals surface area contributed by atoms with Crippen molar-refractivity contribution in [2.45, 2.75) is 0 Å². The summed E-state index contributed by atoms with van der Waals surface area (Å²) < 4.78 is 0. The molecule has 1 aromatic heterocycles. The summed E-state index contributed by atoms with van der Waals surface area (Å²) in [6, 6.07) is 58.9. The van der Waals surface area contributed by atoms with E-state index in [4.69, 9.17) is 15.0 Å². The normalized spacial score (nSPS) is 12.4. The van der Waals surface area contributed by atoms with Crippen molar-refractivity contribution in [2.24, 2.45) is 0 Å². The van der Waals surface area contributed by atoms with E-state index in [9.17, 15) is 0 Å². The zero-order valence-corrected chi connectivity index (χ0v) is 25.1. The fraction of sp³-hybridized carbons (Fsp3) is 0. The molecular formula is C41H29BN4. The van der Waals surface area contributed by atoms with Crippen molar-refractivity contribution in [1.29, 1.82) is 0 Å². The van der Waals surface area contributed by atoms with E-state index in [1.165, 1.54) is 22.2 Å². The van der Waals surface area contributed by atoms with Gasteiger partial charge in [-0.2, -0.15) is 0 Å². The topological polar surface area (TPSA) is 41.9 Å². The first kappa shape index (κ1) is 27.5. The molecule has 0 atom stereocenters. The molecule has 7 aromatic rings. The summed E-state index contributed by atoms with van der Waals surface area (Å²) in [5.74, 6) is 1.94. The van der Waals surface area contributed by atoms with Gasteiger partial charge in [-0.25, -0.2) is 15.0 Å². The van der Waals surface area contributed by atoms with Gasteiger partial charge in [0.05, 0.1) is 0 Å². The minimum atomic E-state index is -0.0492. The monoisotopic (exact) mass is 588 g/mol. The van der Waals surface area contributed by atoms with Crippen LogP contribution in [0.3, 0.4) is 0 Å². The van der Waals surface area contributed by atoms with E-state index in [1.54, 1.807) is 0 Å². The number of para-hydroxylation sites is 2. The van der Waals surface area contributed by atoms with Gasteiger partial charge in [-0.05, 0) is 40.9 Å². The van der Waals surface area contributed by atoms with E-state index in [2.05, 4.69) is 120 Å². The standard InChI is InChI=1S/C41H29BN4/c1-5-16-30(17-6-1)39-43-40(31-18-7-2-8-19-31)45-41(44-39)34-22-15-21-32(28-34)37-29-33-20-13-14-27-38(33)46(36-25-11-4-12-26-36)42(37)35-23-9-3-10-24-35/h1-29H. The third kappa shape index (κ3) is 5.29. The fourth-order valence-electron chi connectivity index (χ4n) is 6.21. The van der Waals surface area contributed by atoms with E-state index in [1.807, 2.05) is 60.7 Å². The molecule has 0 amide bonds. The molecule has 0 saturated heterocycles. The van der Waals surface area contributed by atoms with Crippen LogP contribution >= 0.6 is 0 Å². The zero-order chi connectivity index (χ0) is 30.7. The number of aromatic nitrogens is 3. The predicted molar refractivity (Wildman–Crippen MR) is 191 cm³/mol. The molecule has 0 bridgehead atoms. The van der Waals surface area contributed by atoms with Crippen molar-refractivity contribution < 1.29 is 0 Å². The summed E-state index contributed by atoms with van der Waals surface area (Å²) in [7, 11) is 0. The highest BCUT2D eigenvalue weighted by Crippen LogP contribution is 2.40. The van der Waals surface area contributed by atoms with Crippen molar-refractivity contribution in [3.05, 3.63) is 181 Å². The Morgan fingerprint density at radius 2 is 0.891 bits per heavy atom. The molecule has 8 rings (SSSR count). The summed E-state index contributed by atoms with van der Waals surface area (Å²) in [4.78, 5) is 17.4. The molecule has 46 heavy (non-hydrogen) atoms. The van der Waals surface area contributed by atoms with Gasteiger partial charge in [0.15, 0.2) is 17.5 Å². The Balaban J connectivity index is 1.31. The van der Waals surface area contributed by atoms with Gasteiger partial charge < -0.3 is 4.81 Å². The minimum absolute atomic E-state index is 0.0492. The molecule has 1 aliphatic rings. The Bertz CT molecular complexity index is 2090. The van der Waals surface area contributed by atoms with E-state index in [0.29, 0.717) is 17.5 Å². The molecule has 0 aliphatic carbocycles. The predicted octanol–water partition coefficient (Wildman–Crippen LogP) is 9.00. The van der Waals surface area contributed by atoms with Crippen molar-refractivity contribution in [3.63, 3.8) is 0 Å². The highest BCUT2D eigenvalue weighted by Gasteiger charge is 2.36. The van der Waals surface area contributed by atoms with Gasteiger partial charge in [0.2, 0.25) is 0 Å². The summed E-state index contributed by atoms with van der Waals surface area (Å²) in [5.41, 5.74) is 9.88. The number of fused-ring (bicyclic) bond motifs is 1. The molecule has 0 radical (unpaired) electrons. The zero-order valence-electron chi connectivity index (χ0n) is 25.1. The first-order chi connectivity index (χ1) is 22.8. The van der Waals surface area contributed by atoms with Crippen LogP contribution in [0.1, 0.15) is 11.1 Å². The Hall–Kier alpha value is -6.07. The van der Waals surface area contributed by atoms with E-state index in [0.717, 1.165) is 27.9 Å². The van der Waals surface area contributed by atoms with Gasteiger partial charge in [0.1, 0.15) is 0 Å². The van der Waals surface area contributed by atoms with Crippen LogP contribution < -0.4 is 10.3 Å². The van der Waals surface area contributed by atoms with Crippen LogP contribution in [0.15, 0.2) is 170 Å². The summed E-state index contributed by atoms with van der Waals surface area (Å²) >= 11 is 0. The van der Waals surface area contributed by atoms with Gasteiger partial charge in [-0.3, -0.25) is 0 Å². The minimum Gasteiger partial charge on any atom is -0.376 e. The molecule has 0 spiro atoms. The Morgan fingerprint density at radius 3 is 1.52 bits per heavy atom. The van der Waals surface area contributed by atoms with E-state index < -0.39 is 0 Å². The van der Waals surface area contributed by atoms with Crippen LogP contribution in [0.4, 0.5) is 11.4 Å². The van der Waals surface area contributed by atoms with Crippen molar-refractivity contribution in [1.82, 2.24) is 15.0 Å². The Morgan fingerprint density at radius 1 is 0.413 bits per heavy atom. The highest BCUT2D eigenvalue weighted by molar-refractivity contribution is 6.95. The lowest BCUT2D eigenvalue weighted by Crippen LogP contribution is -2.48. The number of anilines is 2. The Labute approximate surface area is 269 Å². The number of rotatable bonds is 6. The molecule has 0 unspecified atom stereocenters. The molecule has 1 aliphatic heterocycles. The molecule has 0 fully saturated rings. The second-order valence-corrected chi connectivity index (χ2v) is 11.3. The van der Waals surface area contributed by atoms with Crippen molar-refractivity contribution in [3.8, 4) is 34.2 Å². The van der Waals surface area contributed by atoms with Gasteiger partial charge in [-0.1, -0.05) is 157 Å². The molecule has 0 N–H and O–H groups in total. The Kier molecular flexibility index (Phi) is 7.25. The van der Waals surface area contributed by atoms with Crippen LogP contribution in [-0.2, 0) is 0 Å². The average molecular weight is 589 g/mol. The van der Waals surface area contributed by atoms with Crippen LogP contribution in [0.2, 0.25) is 0 Å². The van der Waals surface area contributed by atoms with Gasteiger partial charge in [0, 0.05) is 28.1 Å². The van der Waals surface area contributed by atoms with Crippen LogP contribution in [0, 0.1) is 0 Å². The average Bonchev–Trinajstić information content (AvgIpc) is 3.15. The smallest absolute Gasteiger partial charge is 0.328 e. The largest absolute Gasteiger partial charge is 0.376 e. The molecule has 216 valence electrons. The maximum Gasteiger partial charge on any atom is 0.328 e. The van der Waals surface area contributed by atoms with Crippen LogP contribution in [-0.4, -0.2) is 21.8 Å². The molecule has 2 heterocycles. The third-order valence-corrected chi connectivity index (χ3v) is 8.36. The lowest BCUT2D eigenvalue weighted by molar-refractivity contribution is 1.07. The molecule has 5 heteroatoms. The third-order valence-electron chi connectivity index (χ3n) is 8.36. The highest BCUT2D eigenvalue weighted by atomic mass is 15.1. The maximum absolute atomic E-state index is 5.01. The maximum atomic E-state index is 5.01. The molecule has 4 nitrogen and oxygen atoms in total. The second kappa shape index (κ2) is 12.1. The molecule has 0 saturated carbocycles. The van der Waals surface area contributed by atoms with Crippen molar-refractivity contribution in [2.75, 3.05) is 4.81 Å². The van der Waals surface area contributed by atoms with Gasteiger partial charge in [0.25, 0.3) is 0 Å². The second-order valence-electron chi connectivity index (χ2n) is 11.3. The SMILES string of the molecule is C1=C(c2cccc(-c3nc(-c4ccccc4)nc(-c4ccccc4)n3)c2)B(c2ccccc2)N(c2ccccc2)c2ccccc21. The van der Waals surface area contributed by atoms with Crippen LogP contribution in [0.25, 0.3) is 45.7 Å². The number of benzene rings is 6. The first-order valence-corrected chi connectivity index (χ1v) is 15.5. The quantitative estimate of drug-likeness (QED) is 0.182. The van der Waals surface area contributed by atoms with E-state index in [-0.39, 0.29) is 6.85 Å². The lowest BCUT2D eigenvalue weighted by Gasteiger charge is -2.38. The molecule has 6 aromatic carbocycles. The number of hydrogen-bond acceptors (Lipinski definition) is 4. The summed E-state index contributed by atoms with van der Waals surface area (Å²) in [5, 5.41) is 0. The van der Waals surface area contributed by atoms with Crippen LogP contribution in [0.5, 0.6) is 0 Å². The summed E-state index contributed by atoms with van der Waals surface area (Å²) in [6.45, 7) is -0.0492. The van der Waals surface area contributed by atoms with Gasteiger partial charge >= 0.3 is 6.85 Å². The number of hydrogen-bond donors (Lipinski definition) is 0. The summed E-state index contributed by atoms with van der Waals surface area (Å²) in [6.07, 6.45) is 2.34. The first-order valence-electron chi connectivity index (χ1n) is 15.5. The lowest BCUT2D eigenvalue weighted by atomic mass is 9.45. The van der Waals surface area contributed by atoms with E-state index >= 15 is 0 Å². The van der Waals surface area contributed by atoms with Gasteiger partial charge in [-0.15, -0.1) is 0 Å². The number of nitrogens with zero attached hydrogens (tertiary/aromatic N) is 4. The molecular weight excluding hydrogens is 559 g/mol. The van der Waals surface area contributed by atoms with Crippen molar-refractivity contribution >= 4 is 35.2 Å². The fourth-order valence-corrected chi connectivity index (χ4v) is 6.21.